The summed E-state index contributed by atoms with van der Waals surface area (Å²) in [6, 6.07) is 3.33. The number of methoxy groups -OCH3 is 1. The maximum atomic E-state index is 10.6. The van der Waals surface area contributed by atoms with E-state index in [4.69, 9.17) is 9.29 Å². The Hall–Kier alpha value is -2.13. The molecule has 20 heavy (non-hydrogen) atoms. The van der Waals surface area contributed by atoms with Crippen LogP contribution in [0.25, 0.3) is 11.4 Å². The third kappa shape index (κ3) is 3.93. The average Bonchev–Trinajstić information content (AvgIpc) is 2.45. The van der Waals surface area contributed by atoms with E-state index >= 15 is 0 Å². The summed E-state index contributed by atoms with van der Waals surface area (Å²) in [6.45, 7) is 0.0675. The van der Waals surface area contributed by atoms with E-state index in [0.717, 1.165) is 0 Å². The fourth-order valence-electron chi connectivity index (χ4n) is 1.45. The van der Waals surface area contributed by atoms with Crippen molar-refractivity contribution >= 4 is 10.1 Å². The van der Waals surface area contributed by atoms with Gasteiger partial charge < -0.3 is 4.74 Å². The Kier molecular flexibility index (Phi) is 4.20. The van der Waals surface area contributed by atoms with Gasteiger partial charge in [-0.3, -0.25) is 4.55 Å². The first-order valence-corrected chi connectivity index (χ1v) is 7.27. The zero-order valence-corrected chi connectivity index (χ0v) is 11.5. The number of hydrogen-bond acceptors (Lipinski definition) is 6. The van der Waals surface area contributed by atoms with Crippen LogP contribution < -0.4 is 9.42 Å². The van der Waals surface area contributed by atoms with Crippen LogP contribution in [0, 0.1) is 0 Å². The molecule has 0 aromatic carbocycles. The second-order valence-electron chi connectivity index (χ2n) is 3.89. The molecule has 0 aliphatic heterocycles. The first kappa shape index (κ1) is 14.3. The summed E-state index contributed by atoms with van der Waals surface area (Å²) in [5.41, 5.74) is 0.673. The van der Waals surface area contributed by atoms with Crippen LogP contribution in [-0.2, 0) is 16.7 Å². The lowest BCUT2D eigenvalue weighted by atomic mass is 10.3. The highest BCUT2D eigenvalue weighted by Gasteiger charge is 2.12. The van der Waals surface area contributed by atoms with Crippen LogP contribution in [0.3, 0.4) is 0 Å². The predicted octanol–water partition coefficient (Wildman–Crippen LogP) is -0.277. The van der Waals surface area contributed by atoms with E-state index < -0.39 is 10.1 Å². The molecule has 0 saturated carbocycles. The van der Waals surface area contributed by atoms with E-state index in [-0.39, 0.29) is 12.3 Å². The second kappa shape index (κ2) is 5.88. The normalized spacial score (nSPS) is 11.3. The minimum Gasteiger partial charge on any atom is -0.481 e. The molecule has 106 valence electrons. The maximum Gasteiger partial charge on any atom is 0.271 e. The van der Waals surface area contributed by atoms with Crippen LogP contribution in [-0.4, -0.2) is 40.9 Å². The Bertz CT molecular complexity index is 688. The number of aryl methyl sites for hydroxylation is 1. The highest BCUT2D eigenvalue weighted by Crippen LogP contribution is 2.14. The van der Waals surface area contributed by atoms with Gasteiger partial charge in [-0.1, -0.05) is 4.68 Å². The number of aromatic nitrogens is 4. The van der Waals surface area contributed by atoms with Crippen molar-refractivity contribution in [3.63, 3.8) is 0 Å². The van der Waals surface area contributed by atoms with E-state index in [1.54, 1.807) is 24.5 Å². The molecule has 8 nitrogen and oxygen atoms in total. The molecule has 0 unspecified atom stereocenters. The first-order valence-electron chi connectivity index (χ1n) is 5.66. The average molecular weight is 297 g/mol. The molecule has 2 heterocycles. The third-order valence-electron chi connectivity index (χ3n) is 2.45. The van der Waals surface area contributed by atoms with Gasteiger partial charge >= 0.3 is 0 Å². The topological polar surface area (TPSA) is 106 Å². The summed E-state index contributed by atoms with van der Waals surface area (Å²) in [4.78, 5) is 8.25. The van der Waals surface area contributed by atoms with Crippen molar-refractivity contribution in [3.8, 4) is 17.3 Å². The van der Waals surface area contributed by atoms with Crippen LogP contribution in [0.2, 0.25) is 0 Å². The molecular weight excluding hydrogens is 284 g/mol. The van der Waals surface area contributed by atoms with Gasteiger partial charge in [0, 0.05) is 23.9 Å². The van der Waals surface area contributed by atoms with Gasteiger partial charge in [0.25, 0.3) is 10.1 Å². The molecule has 2 aromatic heterocycles. The smallest absolute Gasteiger partial charge is 0.271 e. The van der Waals surface area contributed by atoms with Crippen LogP contribution >= 0.6 is 0 Å². The minimum absolute atomic E-state index is 0.0675. The Labute approximate surface area is 115 Å². The van der Waals surface area contributed by atoms with Gasteiger partial charge in [0.15, 0.2) is 18.6 Å². The van der Waals surface area contributed by atoms with Crippen molar-refractivity contribution in [2.24, 2.45) is 0 Å². The minimum atomic E-state index is -4.00. The molecular formula is C11H13N4O4S+. The molecule has 9 heteroatoms. The molecule has 0 bridgehead atoms. The van der Waals surface area contributed by atoms with E-state index in [0.29, 0.717) is 17.3 Å². The van der Waals surface area contributed by atoms with Crippen molar-refractivity contribution in [1.82, 2.24) is 15.1 Å². The van der Waals surface area contributed by atoms with E-state index in [1.165, 1.54) is 18.0 Å². The molecule has 0 aliphatic carbocycles. The highest BCUT2D eigenvalue weighted by atomic mass is 32.2. The monoisotopic (exact) mass is 297 g/mol. The summed E-state index contributed by atoms with van der Waals surface area (Å²) >= 11 is 0. The van der Waals surface area contributed by atoms with Gasteiger partial charge in [-0.15, -0.1) is 0 Å². The number of hydrogen-bond donors (Lipinski definition) is 1. The summed E-state index contributed by atoms with van der Waals surface area (Å²) in [5, 5.41) is 4.03. The van der Waals surface area contributed by atoms with Crippen LogP contribution in [0.5, 0.6) is 5.88 Å². The molecule has 0 aliphatic rings. The van der Waals surface area contributed by atoms with Crippen LogP contribution in [0.1, 0.15) is 0 Å². The zero-order chi connectivity index (χ0) is 14.6. The summed E-state index contributed by atoms with van der Waals surface area (Å²) in [6.07, 6.45) is 4.67. The van der Waals surface area contributed by atoms with Crippen LogP contribution in [0.15, 0.2) is 30.7 Å². The molecule has 0 atom stereocenters. The second-order valence-corrected chi connectivity index (χ2v) is 5.46. The lowest BCUT2D eigenvalue weighted by Crippen LogP contribution is -2.40. The number of ether oxygens (including phenoxy) is 1. The number of nitrogens with zero attached hydrogens (tertiary/aromatic N) is 4. The Morgan fingerprint density at radius 1 is 1.40 bits per heavy atom. The molecule has 0 fully saturated rings. The quantitative estimate of drug-likeness (QED) is 0.597. The Morgan fingerprint density at radius 2 is 2.20 bits per heavy atom. The maximum absolute atomic E-state index is 10.6. The predicted molar refractivity (Wildman–Crippen MR) is 68.4 cm³/mol. The molecule has 2 rings (SSSR count). The molecule has 0 radical (unpaired) electrons. The van der Waals surface area contributed by atoms with Crippen molar-refractivity contribution in [2.75, 3.05) is 12.9 Å². The molecule has 0 spiro atoms. The SMILES string of the molecule is COc1ccnc(-c2cc[n+](CCS(=O)(=O)O)nc2)n1. The van der Waals surface area contributed by atoms with Gasteiger partial charge in [0.1, 0.15) is 11.9 Å². The van der Waals surface area contributed by atoms with E-state index in [2.05, 4.69) is 15.1 Å². The fraction of sp³-hybridized carbons (Fsp3) is 0.273. The largest absolute Gasteiger partial charge is 0.481 e. The summed E-state index contributed by atoms with van der Waals surface area (Å²) in [7, 11) is -2.48. The van der Waals surface area contributed by atoms with Crippen molar-refractivity contribution in [3.05, 3.63) is 30.7 Å². The zero-order valence-electron chi connectivity index (χ0n) is 10.7. The van der Waals surface area contributed by atoms with Crippen molar-refractivity contribution < 1.29 is 22.4 Å². The van der Waals surface area contributed by atoms with Crippen molar-refractivity contribution in [1.29, 1.82) is 0 Å². The molecule has 0 amide bonds. The van der Waals surface area contributed by atoms with Gasteiger partial charge in [-0.25, -0.2) is 4.98 Å². The summed E-state index contributed by atoms with van der Waals surface area (Å²) in [5.74, 6) is 0.511. The summed E-state index contributed by atoms with van der Waals surface area (Å²) < 4.78 is 36.4. The highest BCUT2D eigenvalue weighted by molar-refractivity contribution is 7.85. The van der Waals surface area contributed by atoms with Gasteiger partial charge in [0.05, 0.1) is 7.11 Å². The molecule has 2 aromatic rings. The lowest BCUT2D eigenvalue weighted by molar-refractivity contribution is -0.750. The van der Waals surface area contributed by atoms with Gasteiger partial charge in [-0.2, -0.15) is 13.4 Å². The Morgan fingerprint density at radius 3 is 2.80 bits per heavy atom. The van der Waals surface area contributed by atoms with Gasteiger partial charge in [-0.05, 0) is 5.10 Å². The third-order valence-corrected chi connectivity index (χ3v) is 3.15. The molecule has 1 N–H and O–H groups in total. The van der Waals surface area contributed by atoms with Crippen LogP contribution in [0.4, 0.5) is 0 Å². The number of rotatable bonds is 5. The van der Waals surface area contributed by atoms with E-state index in [1.807, 2.05) is 0 Å². The Balaban J connectivity index is 2.15. The van der Waals surface area contributed by atoms with Gasteiger partial charge in [0.2, 0.25) is 5.88 Å². The van der Waals surface area contributed by atoms with Crippen molar-refractivity contribution in [2.45, 2.75) is 6.54 Å². The molecule has 0 saturated heterocycles. The lowest BCUT2D eigenvalue weighted by Gasteiger charge is -2.01. The fourth-order valence-corrected chi connectivity index (χ4v) is 1.87. The standard InChI is InChI=1S/C11H12N4O4S/c1-19-10-2-4-12-11(14-10)9-3-5-15(13-8-9)6-7-20(16,17)18/h2-5,8H,6-7H2,1H3/p+1. The first-order chi connectivity index (χ1) is 9.48. The van der Waals surface area contributed by atoms with E-state index in [9.17, 15) is 8.42 Å².